The van der Waals surface area contributed by atoms with E-state index in [1.165, 1.54) is 0 Å². The lowest BCUT2D eigenvalue weighted by molar-refractivity contribution is -0.127. The van der Waals surface area contributed by atoms with Gasteiger partial charge in [-0.2, -0.15) is 0 Å². The van der Waals surface area contributed by atoms with Crippen LogP contribution >= 0.6 is 0 Å². The summed E-state index contributed by atoms with van der Waals surface area (Å²) in [6.07, 6.45) is 2.79. The summed E-state index contributed by atoms with van der Waals surface area (Å²) in [5.41, 5.74) is 2.43. The third-order valence-corrected chi connectivity index (χ3v) is 4.21. The third kappa shape index (κ3) is 4.14. The molecule has 0 N–H and O–H groups in total. The van der Waals surface area contributed by atoms with Gasteiger partial charge in [0, 0.05) is 31.1 Å². The molecule has 0 bridgehead atoms. The first kappa shape index (κ1) is 15.2. The number of aryl methyl sites for hydroxylation is 1. The molecule has 3 nitrogen and oxygen atoms in total. The number of carbonyl (C=O) groups is 1. The van der Waals surface area contributed by atoms with Gasteiger partial charge in [-0.1, -0.05) is 19.9 Å². The Balaban J connectivity index is 1.93. The van der Waals surface area contributed by atoms with Crippen LogP contribution in [0.1, 0.15) is 44.5 Å². The molecule has 110 valence electrons. The van der Waals surface area contributed by atoms with Gasteiger partial charge in [0.15, 0.2) is 0 Å². The van der Waals surface area contributed by atoms with E-state index in [0.29, 0.717) is 11.2 Å². The first-order chi connectivity index (χ1) is 9.35. The Morgan fingerprint density at radius 2 is 2.15 bits per heavy atom. The number of hydrogen-bond acceptors (Lipinski definition) is 3. The molecular formula is C17H26N2O. The highest BCUT2D eigenvalue weighted by molar-refractivity contribution is 5.82. The van der Waals surface area contributed by atoms with Crippen molar-refractivity contribution in [1.29, 1.82) is 0 Å². The van der Waals surface area contributed by atoms with E-state index in [2.05, 4.69) is 36.8 Å². The van der Waals surface area contributed by atoms with Gasteiger partial charge in [0.2, 0.25) is 0 Å². The molecule has 1 heterocycles. The summed E-state index contributed by atoms with van der Waals surface area (Å²) in [4.78, 5) is 18.8. The van der Waals surface area contributed by atoms with Crippen molar-refractivity contribution in [1.82, 2.24) is 9.88 Å². The molecular weight excluding hydrogens is 248 g/mol. The second kappa shape index (κ2) is 6.04. The van der Waals surface area contributed by atoms with Gasteiger partial charge < -0.3 is 0 Å². The first-order valence-corrected chi connectivity index (χ1v) is 7.49. The second-order valence-corrected chi connectivity index (χ2v) is 7.00. The zero-order valence-electron chi connectivity index (χ0n) is 13.1. The fourth-order valence-corrected chi connectivity index (χ4v) is 3.12. The predicted molar refractivity (Wildman–Crippen MR) is 81.4 cm³/mol. The van der Waals surface area contributed by atoms with Gasteiger partial charge in [0.25, 0.3) is 0 Å². The number of carbonyl (C=O) groups excluding carboxylic acids is 1. The van der Waals surface area contributed by atoms with Crippen LogP contribution in [0, 0.1) is 18.3 Å². The number of Topliss-reactive ketones (excluding diaryl/α,β-unsaturated/α-hetero) is 1. The van der Waals surface area contributed by atoms with Crippen molar-refractivity contribution in [2.24, 2.45) is 11.3 Å². The quantitative estimate of drug-likeness (QED) is 0.845. The van der Waals surface area contributed by atoms with E-state index in [0.717, 1.165) is 43.7 Å². The topological polar surface area (TPSA) is 33.2 Å². The van der Waals surface area contributed by atoms with E-state index in [1.807, 2.05) is 19.1 Å². The average molecular weight is 274 g/mol. The highest BCUT2D eigenvalue weighted by Gasteiger charge is 2.33. The number of rotatable bonds is 4. The first-order valence-electron chi connectivity index (χ1n) is 7.49. The van der Waals surface area contributed by atoms with Crippen LogP contribution in [0.25, 0.3) is 0 Å². The second-order valence-electron chi connectivity index (χ2n) is 7.00. The van der Waals surface area contributed by atoms with E-state index >= 15 is 0 Å². The van der Waals surface area contributed by atoms with Crippen molar-refractivity contribution < 1.29 is 4.79 Å². The standard InChI is InChI=1S/C17H26N2O/c1-13-6-5-7-15(18-13)12-19(4)11-14-10-17(2,3)9-8-16(14)20/h5-7,14H,8-12H2,1-4H3. The van der Waals surface area contributed by atoms with Gasteiger partial charge in [0.05, 0.1) is 5.69 Å². The van der Waals surface area contributed by atoms with E-state index in [1.54, 1.807) is 0 Å². The molecule has 1 aromatic rings. The Kier molecular flexibility index (Phi) is 4.59. The summed E-state index contributed by atoms with van der Waals surface area (Å²) >= 11 is 0. The molecule has 0 aliphatic heterocycles. The van der Waals surface area contributed by atoms with E-state index < -0.39 is 0 Å². The Bertz CT molecular complexity index is 482. The summed E-state index contributed by atoms with van der Waals surface area (Å²) in [6.45, 7) is 8.21. The minimum absolute atomic E-state index is 0.188. The summed E-state index contributed by atoms with van der Waals surface area (Å²) in [5, 5.41) is 0. The monoisotopic (exact) mass is 274 g/mol. The molecule has 2 rings (SSSR count). The van der Waals surface area contributed by atoms with E-state index in [9.17, 15) is 4.79 Å². The highest BCUT2D eigenvalue weighted by atomic mass is 16.1. The van der Waals surface area contributed by atoms with Gasteiger partial charge in [0.1, 0.15) is 5.78 Å². The maximum Gasteiger partial charge on any atom is 0.137 e. The minimum Gasteiger partial charge on any atom is -0.300 e. The minimum atomic E-state index is 0.188. The molecule has 20 heavy (non-hydrogen) atoms. The third-order valence-electron chi connectivity index (χ3n) is 4.21. The van der Waals surface area contributed by atoms with Crippen molar-refractivity contribution >= 4 is 5.78 Å². The molecule has 0 saturated heterocycles. The fourth-order valence-electron chi connectivity index (χ4n) is 3.12. The lowest BCUT2D eigenvalue weighted by Crippen LogP contribution is -2.37. The number of nitrogens with zero attached hydrogens (tertiary/aromatic N) is 2. The Labute approximate surface area is 122 Å². The normalized spacial score (nSPS) is 22.2. The molecule has 1 aromatic heterocycles. The SMILES string of the molecule is Cc1cccc(CN(C)CC2CC(C)(C)CCC2=O)n1. The fraction of sp³-hybridized carbons (Fsp3) is 0.647. The van der Waals surface area contributed by atoms with Gasteiger partial charge in [-0.15, -0.1) is 0 Å². The predicted octanol–water partition coefficient (Wildman–Crippen LogP) is 3.22. The largest absolute Gasteiger partial charge is 0.300 e. The molecule has 1 aliphatic rings. The summed E-state index contributed by atoms with van der Waals surface area (Å²) in [7, 11) is 2.08. The van der Waals surface area contributed by atoms with Gasteiger partial charge in [-0.25, -0.2) is 0 Å². The molecule has 0 spiro atoms. The van der Waals surface area contributed by atoms with Crippen LogP contribution in [0.15, 0.2) is 18.2 Å². The average Bonchev–Trinajstić information content (AvgIpc) is 2.33. The lowest BCUT2D eigenvalue weighted by Gasteiger charge is -2.35. The van der Waals surface area contributed by atoms with Crippen molar-refractivity contribution in [2.75, 3.05) is 13.6 Å². The van der Waals surface area contributed by atoms with E-state index in [4.69, 9.17) is 0 Å². The van der Waals surface area contributed by atoms with Crippen LogP contribution < -0.4 is 0 Å². The van der Waals surface area contributed by atoms with Crippen molar-refractivity contribution in [3.05, 3.63) is 29.6 Å². The summed E-state index contributed by atoms with van der Waals surface area (Å²) in [5.74, 6) is 0.627. The lowest BCUT2D eigenvalue weighted by atomic mass is 9.71. The van der Waals surface area contributed by atoms with Crippen molar-refractivity contribution in [3.63, 3.8) is 0 Å². The van der Waals surface area contributed by atoms with Crippen LogP contribution in [0.2, 0.25) is 0 Å². The van der Waals surface area contributed by atoms with Crippen LogP contribution in [0.4, 0.5) is 0 Å². The van der Waals surface area contributed by atoms with E-state index in [-0.39, 0.29) is 5.92 Å². The van der Waals surface area contributed by atoms with Gasteiger partial charge in [-0.05, 0) is 44.4 Å². The zero-order valence-corrected chi connectivity index (χ0v) is 13.1. The molecule has 1 saturated carbocycles. The zero-order chi connectivity index (χ0) is 14.8. The molecule has 1 aliphatic carbocycles. The number of aromatic nitrogens is 1. The molecule has 3 heteroatoms. The molecule has 0 radical (unpaired) electrons. The number of pyridine rings is 1. The number of ketones is 1. The van der Waals surface area contributed by atoms with Crippen LogP contribution in [0.5, 0.6) is 0 Å². The van der Waals surface area contributed by atoms with Gasteiger partial charge >= 0.3 is 0 Å². The molecule has 0 amide bonds. The maximum absolute atomic E-state index is 12.1. The Hall–Kier alpha value is -1.22. The van der Waals surface area contributed by atoms with Crippen LogP contribution in [-0.4, -0.2) is 29.3 Å². The maximum atomic E-state index is 12.1. The van der Waals surface area contributed by atoms with Crippen LogP contribution in [-0.2, 0) is 11.3 Å². The van der Waals surface area contributed by atoms with Crippen molar-refractivity contribution in [2.45, 2.75) is 46.6 Å². The Morgan fingerprint density at radius 3 is 2.85 bits per heavy atom. The molecule has 1 atom stereocenters. The van der Waals surface area contributed by atoms with Crippen molar-refractivity contribution in [3.8, 4) is 0 Å². The van der Waals surface area contributed by atoms with Gasteiger partial charge in [-0.3, -0.25) is 14.7 Å². The smallest absolute Gasteiger partial charge is 0.137 e. The molecule has 1 unspecified atom stereocenters. The highest BCUT2D eigenvalue weighted by Crippen LogP contribution is 2.37. The summed E-state index contributed by atoms with van der Waals surface area (Å²) in [6, 6.07) is 6.10. The number of hydrogen-bond donors (Lipinski definition) is 0. The Morgan fingerprint density at radius 1 is 1.40 bits per heavy atom. The molecule has 1 fully saturated rings. The summed E-state index contributed by atoms with van der Waals surface area (Å²) < 4.78 is 0. The molecule has 0 aromatic carbocycles. The van der Waals surface area contributed by atoms with Crippen LogP contribution in [0.3, 0.4) is 0 Å².